The van der Waals surface area contributed by atoms with Gasteiger partial charge in [-0.1, -0.05) is 6.07 Å². The van der Waals surface area contributed by atoms with Crippen molar-refractivity contribution in [2.45, 2.75) is 19.0 Å². The van der Waals surface area contributed by atoms with Gasteiger partial charge in [-0.2, -0.15) is 0 Å². The number of likely N-dealkylation sites (N-methyl/N-ethyl adjacent to an activating group) is 1. The van der Waals surface area contributed by atoms with Crippen LogP contribution in [-0.2, 0) is 6.54 Å². The highest BCUT2D eigenvalue weighted by atomic mass is 16.6. The molecule has 0 radical (unpaired) electrons. The Kier molecular flexibility index (Phi) is 4.31. The number of primary amides is 1. The molecule has 1 aromatic carbocycles. The van der Waals surface area contributed by atoms with Crippen LogP contribution in [0.3, 0.4) is 0 Å². The quantitative estimate of drug-likeness (QED) is 0.603. The molecule has 1 aliphatic heterocycles. The second kappa shape index (κ2) is 5.98. The zero-order valence-corrected chi connectivity index (χ0v) is 11.3. The number of nitro benzene ring substituents is 1. The van der Waals surface area contributed by atoms with Gasteiger partial charge in [0.1, 0.15) is 0 Å². The number of carbonyl (C=O) groups excluding carboxylic acids is 1. The van der Waals surface area contributed by atoms with Crippen molar-refractivity contribution in [1.29, 1.82) is 0 Å². The van der Waals surface area contributed by atoms with Crippen LogP contribution in [0, 0.1) is 10.1 Å². The van der Waals surface area contributed by atoms with Crippen molar-refractivity contribution < 1.29 is 9.72 Å². The van der Waals surface area contributed by atoms with Crippen molar-refractivity contribution in [3.63, 3.8) is 0 Å². The van der Waals surface area contributed by atoms with Gasteiger partial charge in [0.05, 0.1) is 4.92 Å². The number of carbonyl (C=O) groups is 1. The summed E-state index contributed by atoms with van der Waals surface area (Å²) in [6.45, 7) is 2.28. The van der Waals surface area contributed by atoms with E-state index in [1.165, 1.54) is 12.1 Å². The molecule has 1 aliphatic rings. The number of nitrogens with two attached hydrogens (primary N) is 1. The summed E-state index contributed by atoms with van der Waals surface area (Å²) in [7, 11) is 1.91. The number of nitro groups is 1. The first-order valence-electron chi connectivity index (χ1n) is 6.48. The molecule has 1 atom stereocenters. The van der Waals surface area contributed by atoms with Crippen LogP contribution in [0.5, 0.6) is 0 Å². The summed E-state index contributed by atoms with van der Waals surface area (Å²) in [6.07, 6.45) is 1.03. The number of amides is 1. The molecule has 108 valence electrons. The molecule has 7 nitrogen and oxygen atoms in total. The van der Waals surface area contributed by atoms with Crippen molar-refractivity contribution in [1.82, 2.24) is 10.2 Å². The van der Waals surface area contributed by atoms with E-state index in [0.29, 0.717) is 18.2 Å². The van der Waals surface area contributed by atoms with Crippen LogP contribution in [0.4, 0.5) is 5.69 Å². The zero-order valence-electron chi connectivity index (χ0n) is 11.3. The molecule has 20 heavy (non-hydrogen) atoms. The topological polar surface area (TPSA) is 102 Å². The fourth-order valence-electron chi connectivity index (χ4n) is 2.47. The maximum Gasteiger partial charge on any atom is 0.274 e. The Morgan fingerprint density at radius 1 is 1.60 bits per heavy atom. The minimum atomic E-state index is -0.656. The van der Waals surface area contributed by atoms with Gasteiger partial charge in [0.25, 0.3) is 5.69 Å². The molecule has 7 heteroatoms. The van der Waals surface area contributed by atoms with E-state index in [1.54, 1.807) is 6.07 Å². The Balaban J connectivity index is 2.19. The average Bonchev–Trinajstić information content (AvgIpc) is 2.86. The Labute approximate surface area is 116 Å². The third kappa shape index (κ3) is 3.12. The smallest absolute Gasteiger partial charge is 0.274 e. The van der Waals surface area contributed by atoms with Crippen molar-refractivity contribution in [3.05, 3.63) is 39.4 Å². The van der Waals surface area contributed by atoms with Gasteiger partial charge < -0.3 is 11.1 Å². The number of benzene rings is 1. The molecule has 0 spiro atoms. The highest BCUT2D eigenvalue weighted by Crippen LogP contribution is 2.23. The minimum Gasteiger partial charge on any atom is -0.366 e. The molecule has 1 saturated heterocycles. The van der Waals surface area contributed by atoms with E-state index in [9.17, 15) is 14.9 Å². The van der Waals surface area contributed by atoms with Gasteiger partial charge in [0, 0.05) is 42.9 Å². The molecular formula is C13H18N4O3. The summed E-state index contributed by atoms with van der Waals surface area (Å²) in [4.78, 5) is 23.9. The molecule has 2 rings (SSSR count). The number of likely N-dealkylation sites (tertiary alicyclic amines) is 1. The molecule has 1 amide bonds. The van der Waals surface area contributed by atoms with E-state index in [-0.39, 0.29) is 11.3 Å². The summed E-state index contributed by atoms with van der Waals surface area (Å²) in [6, 6.07) is 4.84. The fraction of sp³-hybridized carbons (Fsp3) is 0.462. The first kappa shape index (κ1) is 14.4. The van der Waals surface area contributed by atoms with E-state index >= 15 is 0 Å². The third-order valence-electron chi connectivity index (χ3n) is 3.64. The lowest BCUT2D eigenvalue weighted by atomic mass is 10.1. The van der Waals surface area contributed by atoms with E-state index < -0.39 is 10.8 Å². The normalized spacial score (nSPS) is 19.1. The molecular weight excluding hydrogens is 260 g/mol. The summed E-state index contributed by atoms with van der Waals surface area (Å²) in [5.74, 6) is -0.656. The lowest BCUT2D eigenvalue weighted by molar-refractivity contribution is -0.385. The fourth-order valence-corrected chi connectivity index (χ4v) is 2.47. The van der Waals surface area contributed by atoms with Gasteiger partial charge >= 0.3 is 0 Å². The van der Waals surface area contributed by atoms with Gasteiger partial charge in [-0.25, -0.2) is 0 Å². The monoisotopic (exact) mass is 278 g/mol. The second-order valence-corrected chi connectivity index (χ2v) is 4.97. The largest absolute Gasteiger partial charge is 0.366 e. The lowest BCUT2D eigenvalue weighted by Gasteiger charge is -2.16. The first-order chi connectivity index (χ1) is 9.51. The van der Waals surface area contributed by atoms with Crippen LogP contribution in [0.15, 0.2) is 18.2 Å². The summed E-state index contributed by atoms with van der Waals surface area (Å²) in [5, 5.41) is 14.3. The molecule has 1 fully saturated rings. The van der Waals surface area contributed by atoms with Gasteiger partial charge in [0.15, 0.2) is 0 Å². The Morgan fingerprint density at radius 3 is 2.90 bits per heavy atom. The SMILES string of the molecule is CNC1CCN(Cc2ccc(C(N)=O)cc2[N+](=O)[O-])C1. The summed E-state index contributed by atoms with van der Waals surface area (Å²) < 4.78 is 0. The minimum absolute atomic E-state index is 0.0470. The predicted molar refractivity (Wildman–Crippen MR) is 74.4 cm³/mol. The molecule has 0 bridgehead atoms. The standard InChI is InChI=1S/C13H18N4O3/c1-15-11-4-5-16(8-11)7-10-3-2-9(13(14)18)6-12(10)17(19)20/h2-3,6,11,15H,4-5,7-8H2,1H3,(H2,14,18). The maximum atomic E-state index is 11.1. The first-order valence-corrected chi connectivity index (χ1v) is 6.48. The number of nitrogens with zero attached hydrogens (tertiary/aromatic N) is 2. The second-order valence-electron chi connectivity index (χ2n) is 4.97. The van der Waals surface area contributed by atoms with Gasteiger partial charge in [0.2, 0.25) is 5.91 Å². The van der Waals surface area contributed by atoms with Crippen molar-refractivity contribution in [2.24, 2.45) is 5.73 Å². The Morgan fingerprint density at radius 2 is 2.35 bits per heavy atom. The number of hydrogen-bond acceptors (Lipinski definition) is 5. The number of rotatable bonds is 5. The molecule has 0 aromatic heterocycles. The van der Waals surface area contributed by atoms with Gasteiger partial charge in [-0.15, -0.1) is 0 Å². The Bertz CT molecular complexity index is 532. The Hall–Kier alpha value is -1.99. The van der Waals surface area contributed by atoms with Crippen molar-refractivity contribution in [2.75, 3.05) is 20.1 Å². The lowest BCUT2D eigenvalue weighted by Crippen LogP contribution is -2.29. The number of hydrogen-bond donors (Lipinski definition) is 2. The summed E-state index contributed by atoms with van der Waals surface area (Å²) in [5.41, 5.74) is 5.88. The van der Waals surface area contributed by atoms with Crippen LogP contribution in [0.1, 0.15) is 22.3 Å². The summed E-state index contributed by atoms with van der Waals surface area (Å²) >= 11 is 0. The van der Waals surface area contributed by atoms with E-state index in [0.717, 1.165) is 19.5 Å². The van der Waals surface area contributed by atoms with E-state index in [4.69, 9.17) is 5.73 Å². The van der Waals surface area contributed by atoms with Crippen LogP contribution in [0.25, 0.3) is 0 Å². The highest BCUT2D eigenvalue weighted by Gasteiger charge is 2.24. The van der Waals surface area contributed by atoms with Crippen molar-refractivity contribution in [3.8, 4) is 0 Å². The number of nitrogens with one attached hydrogen (secondary N) is 1. The molecule has 1 heterocycles. The van der Waals surface area contributed by atoms with Gasteiger partial charge in [-0.3, -0.25) is 19.8 Å². The van der Waals surface area contributed by atoms with Crippen LogP contribution in [-0.4, -0.2) is 41.9 Å². The van der Waals surface area contributed by atoms with Gasteiger partial charge in [-0.05, 0) is 19.5 Å². The van der Waals surface area contributed by atoms with E-state index in [2.05, 4.69) is 10.2 Å². The molecule has 3 N–H and O–H groups in total. The molecule has 1 unspecified atom stereocenters. The van der Waals surface area contributed by atoms with Crippen molar-refractivity contribution >= 4 is 11.6 Å². The van der Waals surface area contributed by atoms with Crippen LogP contribution >= 0.6 is 0 Å². The van der Waals surface area contributed by atoms with Crippen LogP contribution in [0.2, 0.25) is 0 Å². The molecule has 0 aliphatic carbocycles. The highest BCUT2D eigenvalue weighted by molar-refractivity contribution is 5.93. The predicted octanol–water partition coefficient (Wildman–Crippen LogP) is 0.487. The third-order valence-corrected chi connectivity index (χ3v) is 3.64. The molecule has 0 saturated carbocycles. The van der Waals surface area contributed by atoms with E-state index in [1.807, 2.05) is 7.05 Å². The molecule has 1 aromatic rings. The maximum absolute atomic E-state index is 11.1. The average molecular weight is 278 g/mol. The van der Waals surface area contributed by atoms with Crippen LogP contribution < -0.4 is 11.1 Å². The zero-order chi connectivity index (χ0) is 14.7.